The zero-order valence-corrected chi connectivity index (χ0v) is 17.6. The summed E-state index contributed by atoms with van der Waals surface area (Å²) in [6.07, 6.45) is 1.66. The molecule has 1 heterocycles. The number of nitrogens with one attached hydrogen (secondary N) is 2. The van der Waals surface area contributed by atoms with E-state index < -0.39 is 16.7 Å². The number of non-ortho nitro benzene ring substituents is 1. The fourth-order valence-electron chi connectivity index (χ4n) is 2.60. The second kappa shape index (κ2) is 9.96. The van der Waals surface area contributed by atoms with Crippen LogP contribution in [0.3, 0.4) is 0 Å². The van der Waals surface area contributed by atoms with E-state index >= 15 is 0 Å². The maximum atomic E-state index is 12.6. The Kier molecular flexibility index (Phi) is 7.11. The fourth-order valence-corrected chi connectivity index (χ4v) is 3.91. The van der Waals surface area contributed by atoms with Crippen LogP contribution in [-0.4, -0.2) is 38.4 Å². The highest BCUT2D eigenvalue weighted by Gasteiger charge is 2.32. The zero-order valence-electron chi connectivity index (χ0n) is 15.9. The number of carbonyl (C=O) groups is 3. The molecule has 0 saturated carbocycles. The molecule has 31 heavy (non-hydrogen) atoms. The molecule has 0 bridgehead atoms. The van der Waals surface area contributed by atoms with Crippen LogP contribution in [0.1, 0.15) is 22.3 Å². The third-order valence-corrected chi connectivity index (χ3v) is 5.57. The van der Waals surface area contributed by atoms with Crippen LogP contribution >= 0.6 is 24.0 Å². The molecular weight excluding hydrogens is 440 g/mol. The van der Waals surface area contributed by atoms with Crippen LogP contribution in [0.15, 0.2) is 59.5 Å². The highest BCUT2D eigenvalue weighted by molar-refractivity contribution is 8.26. The first kappa shape index (κ1) is 22.1. The van der Waals surface area contributed by atoms with Gasteiger partial charge >= 0.3 is 0 Å². The largest absolute Gasteiger partial charge is 0.292 e. The molecule has 2 N–H and O–H groups in total. The van der Waals surface area contributed by atoms with Crippen LogP contribution in [0, 0.1) is 10.1 Å². The molecule has 1 aliphatic rings. The summed E-state index contributed by atoms with van der Waals surface area (Å²) < 4.78 is 0.356. The molecule has 158 valence electrons. The SMILES string of the molecule is O=C(CCN1C(=O)/C(=C\c2ccccc2)SC1=S)NNC(=O)c1ccc([N+](=O)[O-])cc1. The maximum absolute atomic E-state index is 12.6. The Morgan fingerprint density at radius 3 is 2.42 bits per heavy atom. The molecule has 0 atom stereocenters. The number of thiocarbonyl (C=S) groups is 1. The number of rotatable bonds is 6. The average molecular weight is 457 g/mol. The third kappa shape index (κ3) is 5.74. The number of benzene rings is 2. The van der Waals surface area contributed by atoms with Gasteiger partial charge in [0.25, 0.3) is 17.5 Å². The van der Waals surface area contributed by atoms with Gasteiger partial charge in [0.15, 0.2) is 0 Å². The van der Waals surface area contributed by atoms with Gasteiger partial charge in [-0.1, -0.05) is 54.3 Å². The van der Waals surface area contributed by atoms with Crippen molar-refractivity contribution in [2.24, 2.45) is 0 Å². The predicted octanol–water partition coefficient (Wildman–Crippen LogP) is 2.65. The minimum Gasteiger partial charge on any atom is -0.292 e. The van der Waals surface area contributed by atoms with E-state index in [1.807, 2.05) is 30.3 Å². The van der Waals surface area contributed by atoms with Gasteiger partial charge in [-0.15, -0.1) is 0 Å². The Morgan fingerprint density at radius 2 is 1.77 bits per heavy atom. The summed E-state index contributed by atoms with van der Waals surface area (Å²) in [5.74, 6) is -1.42. The van der Waals surface area contributed by atoms with E-state index in [4.69, 9.17) is 12.2 Å². The molecule has 0 unspecified atom stereocenters. The first-order valence-corrected chi connectivity index (χ1v) is 10.2. The summed E-state index contributed by atoms with van der Waals surface area (Å²) in [7, 11) is 0. The molecule has 1 saturated heterocycles. The number of carbonyl (C=O) groups excluding carboxylic acids is 3. The number of nitro benzene ring substituents is 1. The van der Waals surface area contributed by atoms with Gasteiger partial charge in [0, 0.05) is 30.7 Å². The molecular formula is C20H16N4O5S2. The number of hydrazine groups is 1. The second-order valence-corrected chi connectivity index (χ2v) is 7.98. The quantitative estimate of drug-likeness (QED) is 0.297. The fraction of sp³-hybridized carbons (Fsp3) is 0.100. The Balaban J connectivity index is 1.49. The Morgan fingerprint density at radius 1 is 1.10 bits per heavy atom. The van der Waals surface area contributed by atoms with Crippen molar-refractivity contribution >= 4 is 57.8 Å². The van der Waals surface area contributed by atoms with Crippen LogP contribution in [-0.2, 0) is 9.59 Å². The minimum absolute atomic E-state index is 0.0655. The normalized spacial score (nSPS) is 14.6. The van der Waals surface area contributed by atoms with Gasteiger partial charge in [0.2, 0.25) is 5.91 Å². The highest BCUT2D eigenvalue weighted by atomic mass is 32.2. The summed E-state index contributed by atoms with van der Waals surface area (Å²) in [5, 5.41) is 10.6. The monoisotopic (exact) mass is 456 g/mol. The lowest BCUT2D eigenvalue weighted by molar-refractivity contribution is -0.384. The van der Waals surface area contributed by atoms with E-state index in [0.717, 1.165) is 5.56 Å². The smallest absolute Gasteiger partial charge is 0.269 e. The van der Waals surface area contributed by atoms with Crippen molar-refractivity contribution < 1.29 is 19.3 Å². The summed E-state index contributed by atoms with van der Waals surface area (Å²) >= 11 is 6.41. The molecule has 11 heteroatoms. The first-order chi connectivity index (χ1) is 14.8. The van der Waals surface area contributed by atoms with Crippen molar-refractivity contribution in [2.45, 2.75) is 6.42 Å². The molecule has 0 aliphatic carbocycles. The number of nitrogens with zero attached hydrogens (tertiary/aromatic N) is 2. The summed E-state index contributed by atoms with van der Waals surface area (Å²) in [6.45, 7) is 0.0655. The highest BCUT2D eigenvalue weighted by Crippen LogP contribution is 2.32. The van der Waals surface area contributed by atoms with Gasteiger partial charge in [-0.2, -0.15) is 0 Å². The maximum Gasteiger partial charge on any atom is 0.269 e. The van der Waals surface area contributed by atoms with Crippen LogP contribution in [0.25, 0.3) is 6.08 Å². The van der Waals surface area contributed by atoms with E-state index in [1.165, 1.54) is 40.9 Å². The Labute approximate surface area is 186 Å². The lowest BCUT2D eigenvalue weighted by Crippen LogP contribution is -2.43. The van der Waals surface area contributed by atoms with Crippen molar-refractivity contribution in [1.82, 2.24) is 15.8 Å². The topological polar surface area (TPSA) is 122 Å². The van der Waals surface area contributed by atoms with Gasteiger partial charge in [0.1, 0.15) is 4.32 Å². The molecule has 9 nitrogen and oxygen atoms in total. The van der Waals surface area contributed by atoms with Crippen molar-refractivity contribution in [3.05, 3.63) is 80.7 Å². The minimum atomic E-state index is -0.625. The zero-order chi connectivity index (χ0) is 22.4. The molecule has 0 spiro atoms. The molecule has 3 rings (SSSR count). The lowest BCUT2D eigenvalue weighted by Gasteiger charge is -2.14. The van der Waals surface area contributed by atoms with Gasteiger partial charge in [-0.3, -0.25) is 40.2 Å². The van der Waals surface area contributed by atoms with Crippen LogP contribution in [0.5, 0.6) is 0 Å². The van der Waals surface area contributed by atoms with Gasteiger partial charge in [-0.25, -0.2) is 0 Å². The van der Waals surface area contributed by atoms with Gasteiger partial charge in [0.05, 0.1) is 9.83 Å². The molecule has 0 radical (unpaired) electrons. The molecule has 0 aromatic heterocycles. The number of nitro groups is 1. The number of amides is 3. The Hall–Kier alpha value is -3.57. The van der Waals surface area contributed by atoms with Crippen molar-refractivity contribution in [3.8, 4) is 0 Å². The lowest BCUT2D eigenvalue weighted by atomic mass is 10.2. The van der Waals surface area contributed by atoms with Crippen LogP contribution in [0.4, 0.5) is 5.69 Å². The molecule has 2 aromatic carbocycles. The summed E-state index contributed by atoms with van der Waals surface area (Å²) in [4.78, 5) is 48.5. The van der Waals surface area contributed by atoms with Gasteiger partial charge in [-0.05, 0) is 23.8 Å². The third-order valence-electron chi connectivity index (χ3n) is 4.19. The van der Waals surface area contributed by atoms with E-state index in [-0.39, 0.29) is 30.1 Å². The van der Waals surface area contributed by atoms with Crippen LogP contribution in [0.2, 0.25) is 0 Å². The molecule has 1 fully saturated rings. The van der Waals surface area contributed by atoms with Crippen LogP contribution < -0.4 is 10.9 Å². The summed E-state index contributed by atoms with van der Waals surface area (Å²) in [5.41, 5.74) is 5.34. The number of hydrogen-bond donors (Lipinski definition) is 2. The van der Waals surface area contributed by atoms with E-state index in [1.54, 1.807) is 6.08 Å². The standard InChI is InChI=1S/C20H16N4O5S2/c25-17(21-22-18(26)14-6-8-15(9-7-14)24(28)29)10-11-23-19(27)16(31-20(23)30)12-13-4-2-1-3-5-13/h1-9,12H,10-11H2,(H,21,25)(H,22,26)/b16-12+. The van der Waals surface area contributed by atoms with E-state index in [2.05, 4.69) is 10.9 Å². The van der Waals surface area contributed by atoms with Crippen molar-refractivity contribution in [1.29, 1.82) is 0 Å². The van der Waals surface area contributed by atoms with E-state index in [9.17, 15) is 24.5 Å². The Bertz CT molecular complexity index is 1070. The molecule has 2 aromatic rings. The predicted molar refractivity (Wildman–Crippen MR) is 120 cm³/mol. The van der Waals surface area contributed by atoms with Gasteiger partial charge < -0.3 is 0 Å². The van der Waals surface area contributed by atoms with Crippen molar-refractivity contribution in [2.75, 3.05) is 6.54 Å². The number of hydrogen-bond acceptors (Lipinski definition) is 7. The summed E-state index contributed by atoms with van der Waals surface area (Å²) in [6, 6.07) is 14.3. The molecule has 1 aliphatic heterocycles. The van der Waals surface area contributed by atoms with Crippen molar-refractivity contribution in [3.63, 3.8) is 0 Å². The first-order valence-electron chi connectivity index (χ1n) is 8.99. The second-order valence-electron chi connectivity index (χ2n) is 6.30. The number of thioether (sulfide) groups is 1. The molecule has 3 amide bonds. The van der Waals surface area contributed by atoms with E-state index in [0.29, 0.717) is 9.23 Å². The average Bonchev–Trinajstić information content (AvgIpc) is 3.03.